The summed E-state index contributed by atoms with van der Waals surface area (Å²) >= 11 is 9.18. The Bertz CT molecular complexity index is 1380. The van der Waals surface area contributed by atoms with Gasteiger partial charge in [-0.25, -0.2) is 8.42 Å². The van der Waals surface area contributed by atoms with Crippen LogP contribution in [0.4, 0.5) is 5.95 Å². The molecule has 0 spiro atoms. The first-order valence-electron chi connectivity index (χ1n) is 9.98. The van der Waals surface area contributed by atoms with Crippen LogP contribution < -0.4 is 14.2 Å². The standard InChI is InChI=1S/C22H20BrClN4O5S/c1-31-16-4-3-5-17(32-2)20(16)28-21(18-10-11-19(23)33-18)25-26-22(28)27-34(29,30)13-12-14-6-8-15(24)9-7-14/h3-11H,12-13H2,1-2H3,(H,26,27). The fourth-order valence-corrected chi connectivity index (χ4v) is 4.75. The van der Waals surface area contributed by atoms with E-state index in [2.05, 4.69) is 30.8 Å². The molecule has 0 saturated carbocycles. The number of aromatic nitrogens is 3. The second-order valence-electron chi connectivity index (χ2n) is 7.09. The van der Waals surface area contributed by atoms with E-state index in [1.807, 2.05) is 0 Å². The van der Waals surface area contributed by atoms with E-state index in [9.17, 15) is 8.42 Å². The first-order valence-corrected chi connectivity index (χ1v) is 12.8. The van der Waals surface area contributed by atoms with E-state index in [0.29, 0.717) is 32.6 Å². The van der Waals surface area contributed by atoms with E-state index in [1.165, 1.54) is 18.8 Å². The molecule has 4 rings (SSSR count). The van der Waals surface area contributed by atoms with Gasteiger partial charge in [0.25, 0.3) is 0 Å². The van der Waals surface area contributed by atoms with Gasteiger partial charge in [-0.15, -0.1) is 10.2 Å². The highest BCUT2D eigenvalue weighted by molar-refractivity contribution is 9.10. The summed E-state index contributed by atoms with van der Waals surface area (Å²) < 4.78 is 47.2. The number of aryl methyl sites for hydroxylation is 1. The lowest BCUT2D eigenvalue weighted by Gasteiger charge is -2.17. The molecule has 2 aromatic carbocycles. The van der Waals surface area contributed by atoms with Crippen molar-refractivity contribution in [2.45, 2.75) is 6.42 Å². The van der Waals surface area contributed by atoms with Crippen LogP contribution in [0, 0.1) is 0 Å². The predicted molar refractivity (Wildman–Crippen MR) is 132 cm³/mol. The number of para-hydroxylation sites is 1. The minimum absolute atomic E-state index is 0.0403. The van der Waals surface area contributed by atoms with E-state index in [0.717, 1.165) is 5.56 Å². The normalized spacial score (nSPS) is 11.4. The Morgan fingerprint density at radius 2 is 1.71 bits per heavy atom. The lowest BCUT2D eigenvalue weighted by molar-refractivity contribution is 0.391. The third-order valence-electron chi connectivity index (χ3n) is 4.90. The average Bonchev–Trinajstić information content (AvgIpc) is 3.43. The van der Waals surface area contributed by atoms with Crippen LogP contribution in [0.2, 0.25) is 5.02 Å². The fourth-order valence-electron chi connectivity index (χ4n) is 3.30. The van der Waals surface area contributed by atoms with Gasteiger partial charge in [-0.2, -0.15) is 0 Å². The summed E-state index contributed by atoms with van der Waals surface area (Å²) in [5.74, 6) is 1.25. The van der Waals surface area contributed by atoms with Gasteiger partial charge in [-0.3, -0.25) is 9.29 Å². The van der Waals surface area contributed by atoms with Crippen molar-refractivity contribution in [3.05, 3.63) is 69.9 Å². The number of halogens is 2. The van der Waals surface area contributed by atoms with E-state index in [-0.39, 0.29) is 23.9 Å². The van der Waals surface area contributed by atoms with Crippen molar-refractivity contribution in [2.75, 3.05) is 24.7 Å². The molecule has 0 unspecified atom stereocenters. The van der Waals surface area contributed by atoms with Crippen LogP contribution in [0.5, 0.6) is 11.5 Å². The molecule has 0 amide bonds. The summed E-state index contributed by atoms with van der Waals surface area (Å²) in [5, 5.41) is 8.87. The highest BCUT2D eigenvalue weighted by atomic mass is 79.9. The topological polar surface area (TPSA) is 108 Å². The first kappa shape index (κ1) is 24.1. The summed E-state index contributed by atoms with van der Waals surface area (Å²) in [6.45, 7) is 0. The van der Waals surface area contributed by atoms with Crippen LogP contribution in [-0.2, 0) is 16.4 Å². The molecule has 0 bridgehead atoms. The molecule has 0 atom stereocenters. The van der Waals surface area contributed by atoms with Crippen molar-refractivity contribution in [3.8, 4) is 28.8 Å². The Morgan fingerprint density at radius 1 is 1.03 bits per heavy atom. The SMILES string of the molecule is COc1cccc(OC)c1-n1c(NS(=O)(=O)CCc2ccc(Cl)cc2)nnc1-c1ccc(Br)o1. The fraction of sp³-hybridized carbons (Fsp3) is 0.182. The Balaban J connectivity index is 1.75. The molecule has 1 N–H and O–H groups in total. The van der Waals surface area contributed by atoms with Gasteiger partial charge in [0.1, 0.15) is 17.2 Å². The maximum Gasteiger partial charge on any atom is 0.243 e. The monoisotopic (exact) mass is 566 g/mol. The second-order valence-corrected chi connectivity index (χ2v) is 10.2. The molecule has 0 aliphatic heterocycles. The number of benzene rings is 2. The highest BCUT2D eigenvalue weighted by Gasteiger charge is 2.26. The van der Waals surface area contributed by atoms with Crippen molar-refractivity contribution in [3.63, 3.8) is 0 Å². The molecule has 34 heavy (non-hydrogen) atoms. The van der Waals surface area contributed by atoms with Crippen LogP contribution >= 0.6 is 27.5 Å². The van der Waals surface area contributed by atoms with Gasteiger partial charge in [0, 0.05) is 5.02 Å². The molecule has 0 aliphatic rings. The zero-order chi connectivity index (χ0) is 24.3. The van der Waals surface area contributed by atoms with Crippen LogP contribution in [-0.4, -0.2) is 43.2 Å². The molecule has 12 heteroatoms. The molecule has 2 aromatic heterocycles. The van der Waals surface area contributed by atoms with Crippen molar-refractivity contribution in [1.82, 2.24) is 14.8 Å². The Morgan fingerprint density at radius 3 is 2.29 bits per heavy atom. The van der Waals surface area contributed by atoms with E-state index < -0.39 is 10.0 Å². The summed E-state index contributed by atoms with van der Waals surface area (Å²) in [7, 11) is -0.801. The first-order chi connectivity index (χ1) is 16.3. The van der Waals surface area contributed by atoms with Gasteiger partial charge in [0.05, 0.1) is 20.0 Å². The molecular formula is C22H20BrClN4O5S. The zero-order valence-electron chi connectivity index (χ0n) is 18.2. The number of ether oxygens (including phenoxy) is 2. The lowest BCUT2D eigenvalue weighted by Crippen LogP contribution is -2.21. The van der Waals surface area contributed by atoms with Crippen LogP contribution in [0.25, 0.3) is 17.3 Å². The Hall–Kier alpha value is -3.02. The smallest absolute Gasteiger partial charge is 0.243 e. The van der Waals surface area contributed by atoms with Crippen molar-refractivity contribution < 1.29 is 22.3 Å². The number of nitrogens with zero attached hydrogens (tertiary/aromatic N) is 3. The van der Waals surface area contributed by atoms with Crippen molar-refractivity contribution >= 4 is 43.5 Å². The number of nitrogens with one attached hydrogen (secondary N) is 1. The van der Waals surface area contributed by atoms with Gasteiger partial charge in [0.2, 0.25) is 21.8 Å². The number of hydrogen-bond acceptors (Lipinski definition) is 7. The van der Waals surface area contributed by atoms with Gasteiger partial charge in [0.15, 0.2) is 10.4 Å². The maximum absolute atomic E-state index is 13.0. The number of sulfonamides is 1. The quantitative estimate of drug-likeness (QED) is 0.305. The molecule has 4 aromatic rings. The third kappa shape index (κ3) is 5.21. The van der Waals surface area contributed by atoms with Crippen molar-refractivity contribution in [2.24, 2.45) is 0 Å². The van der Waals surface area contributed by atoms with Gasteiger partial charge >= 0.3 is 0 Å². The Labute approximate surface area is 209 Å². The predicted octanol–water partition coefficient (Wildman–Crippen LogP) is 4.94. The van der Waals surface area contributed by atoms with Crippen LogP contribution in [0.3, 0.4) is 0 Å². The molecule has 0 radical (unpaired) electrons. The third-order valence-corrected chi connectivity index (χ3v) is 6.81. The molecule has 9 nitrogen and oxygen atoms in total. The van der Waals surface area contributed by atoms with Crippen LogP contribution in [0.1, 0.15) is 5.56 Å². The molecule has 0 aliphatic carbocycles. The largest absolute Gasteiger partial charge is 0.494 e. The van der Waals surface area contributed by atoms with Crippen molar-refractivity contribution in [1.29, 1.82) is 0 Å². The summed E-state index contributed by atoms with van der Waals surface area (Å²) in [4.78, 5) is 0. The number of rotatable bonds is 9. The van der Waals surface area contributed by atoms with E-state index in [1.54, 1.807) is 54.6 Å². The summed E-state index contributed by atoms with van der Waals surface area (Å²) in [6.07, 6.45) is 0.288. The summed E-state index contributed by atoms with van der Waals surface area (Å²) in [5.41, 5.74) is 1.25. The maximum atomic E-state index is 13.0. The second kappa shape index (κ2) is 10.1. The van der Waals surface area contributed by atoms with Gasteiger partial charge < -0.3 is 13.9 Å². The average molecular weight is 568 g/mol. The molecular weight excluding hydrogens is 548 g/mol. The van der Waals surface area contributed by atoms with Gasteiger partial charge in [-0.05, 0) is 64.3 Å². The number of anilines is 1. The molecule has 178 valence electrons. The molecule has 2 heterocycles. The number of methoxy groups -OCH3 is 2. The lowest BCUT2D eigenvalue weighted by atomic mass is 10.2. The number of hydrogen-bond donors (Lipinski definition) is 1. The Kier molecular flexibility index (Phi) is 7.15. The zero-order valence-corrected chi connectivity index (χ0v) is 21.3. The van der Waals surface area contributed by atoms with E-state index >= 15 is 0 Å². The highest BCUT2D eigenvalue weighted by Crippen LogP contribution is 2.38. The molecule has 0 saturated heterocycles. The number of furan rings is 1. The van der Waals surface area contributed by atoms with Crippen LogP contribution in [0.15, 0.2) is 63.7 Å². The van der Waals surface area contributed by atoms with E-state index in [4.69, 9.17) is 25.5 Å². The van der Waals surface area contributed by atoms with Gasteiger partial charge in [-0.1, -0.05) is 29.8 Å². The summed E-state index contributed by atoms with van der Waals surface area (Å²) in [6, 6.07) is 15.6. The minimum atomic E-state index is -3.80. The minimum Gasteiger partial charge on any atom is -0.494 e. The molecule has 0 fully saturated rings.